The van der Waals surface area contributed by atoms with Crippen LogP contribution in [0.1, 0.15) is 31.7 Å². The largest absolute Gasteiger partial charge is 0.376 e. The van der Waals surface area contributed by atoms with Gasteiger partial charge in [0.15, 0.2) is 0 Å². The van der Waals surface area contributed by atoms with Gasteiger partial charge in [0.1, 0.15) is 6.10 Å². The molecule has 1 fully saturated rings. The number of amides is 1. The van der Waals surface area contributed by atoms with Crippen molar-refractivity contribution >= 4 is 15.9 Å². The SMILES string of the molecule is Cc1ccccc1S(=O)(=O)NC(=O)[C@H](C)OC[C@@H]1CCCCO1. The first-order valence-electron chi connectivity index (χ1n) is 7.75. The first-order valence-corrected chi connectivity index (χ1v) is 9.24. The molecule has 0 saturated carbocycles. The number of nitrogens with one attached hydrogen (secondary N) is 1. The van der Waals surface area contributed by atoms with Crippen molar-refractivity contribution in [2.24, 2.45) is 0 Å². The van der Waals surface area contributed by atoms with Crippen molar-refractivity contribution in [2.45, 2.75) is 50.2 Å². The summed E-state index contributed by atoms with van der Waals surface area (Å²) in [6.07, 6.45) is 2.14. The molecule has 1 aromatic rings. The van der Waals surface area contributed by atoms with Crippen molar-refractivity contribution in [3.8, 4) is 0 Å². The fourth-order valence-corrected chi connectivity index (χ4v) is 3.68. The zero-order valence-corrected chi connectivity index (χ0v) is 14.3. The molecule has 2 atom stereocenters. The van der Waals surface area contributed by atoms with E-state index in [0.717, 1.165) is 19.3 Å². The molecule has 0 bridgehead atoms. The Labute approximate surface area is 137 Å². The van der Waals surface area contributed by atoms with Crippen LogP contribution in [-0.4, -0.2) is 39.7 Å². The molecular formula is C16H23NO5S. The van der Waals surface area contributed by atoms with Crippen LogP contribution < -0.4 is 4.72 Å². The molecule has 0 radical (unpaired) electrons. The summed E-state index contributed by atoms with van der Waals surface area (Å²) in [5, 5.41) is 0. The summed E-state index contributed by atoms with van der Waals surface area (Å²) in [7, 11) is -3.89. The van der Waals surface area contributed by atoms with Gasteiger partial charge in [-0.3, -0.25) is 4.79 Å². The molecule has 0 spiro atoms. The second-order valence-electron chi connectivity index (χ2n) is 5.70. The second kappa shape index (κ2) is 7.90. The maximum Gasteiger partial charge on any atom is 0.264 e. The van der Waals surface area contributed by atoms with E-state index in [2.05, 4.69) is 4.72 Å². The molecule has 23 heavy (non-hydrogen) atoms. The Hall–Kier alpha value is -1.44. The van der Waals surface area contributed by atoms with E-state index in [1.807, 2.05) is 0 Å². The summed E-state index contributed by atoms with van der Waals surface area (Å²) >= 11 is 0. The van der Waals surface area contributed by atoms with Crippen molar-refractivity contribution in [3.63, 3.8) is 0 Å². The maximum absolute atomic E-state index is 12.3. The molecule has 128 valence electrons. The zero-order chi connectivity index (χ0) is 16.9. The van der Waals surface area contributed by atoms with Crippen molar-refractivity contribution in [1.29, 1.82) is 0 Å². The first-order chi connectivity index (χ1) is 10.9. The minimum atomic E-state index is -3.89. The third-order valence-corrected chi connectivity index (χ3v) is 5.30. The Morgan fingerprint density at radius 1 is 1.39 bits per heavy atom. The Morgan fingerprint density at radius 3 is 2.78 bits per heavy atom. The topological polar surface area (TPSA) is 81.7 Å². The molecule has 1 heterocycles. The van der Waals surface area contributed by atoms with Gasteiger partial charge in [-0.1, -0.05) is 18.2 Å². The molecular weight excluding hydrogens is 318 g/mol. The number of hydrogen-bond donors (Lipinski definition) is 1. The maximum atomic E-state index is 12.3. The normalized spacial score (nSPS) is 20.0. The first kappa shape index (κ1) is 17.9. The highest BCUT2D eigenvalue weighted by molar-refractivity contribution is 7.90. The number of benzene rings is 1. The van der Waals surface area contributed by atoms with Crippen molar-refractivity contribution < 1.29 is 22.7 Å². The predicted octanol–water partition coefficient (Wildman–Crippen LogP) is 1.77. The number of sulfonamides is 1. The highest BCUT2D eigenvalue weighted by Gasteiger charge is 2.24. The van der Waals surface area contributed by atoms with E-state index in [1.165, 1.54) is 13.0 Å². The monoisotopic (exact) mass is 341 g/mol. The lowest BCUT2D eigenvalue weighted by Gasteiger charge is -2.23. The average Bonchev–Trinajstić information content (AvgIpc) is 2.53. The van der Waals surface area contributed by atoms with Crippen LogP contribution in [-0.2, 0) is 24.3 Å². The van der Waals surface area contributed by atoms with E-state index in [9.17, 15) is 13.2 Å². The van der Waals surface area contributed by atoms with E-state index >= 15 is 0 Å². The fraction of sp³-hybridized carbons (Fsp3) is 0.562. The summed E-state index contributed by atoms with van der Waals surface area (Å²) in [6, 6.07) is 6.50. The van der Waals surface area contributed by atoms with Crippen LogP contribution in [0.2, 0.25) is 0 Å². The Bertz CT molecular complexity index is 638. The number of carbonyl (C=O) groups is 1. The molecule has 7 heteroatoms. The number of rotatable bonds is 6. The fourth-order valence-electron chi connectivity index (χ4n) is 2.39. The van der Waals surface area contributed by atoms with Gasteiger partial charge < -0.3 is 9.47 Å². The summed E-state index contributed by atoms with van der Waals surface area (Å²) in [5.74, 6) is -0.677. The Kier molecular flexibility index (Phi) is 6.15. The summed E-state index contributed by atoms with van der Waals surface area (Å²) < 4.78 is 37.6. The number of aryl methyl sites for hydroxylation is 1. The molecule has 0 aliphatic carbocycles. The van der Waals surface area contributed by atoms with Crippen molar-refractivity contribution in [2.75, 3.05) is 13.2 Å². The minimum Gasteiger partial charge on any atom is -0.376 e. The van der Waals surface area contributed by atoms with E-state index in [1.54, 1.807) is 25.1 Å². The lowest BCUT2D eigenvalue weighted by atomic mass is 10.1. The van der Waals surface area contributed by atoms with Gasteiger partial charge in [-0.2, -0.15) is 0 Å². The Morgan fingerprint density at radius 2 is 2.13 bits per heavy atom. The number of hydrogen-bond acceptors (Lipinski definition) is 5. The van der Waals surface area contributed by atoms with Gasteiger partial charge in [0.25, 0.3) is 15.9 Å². The quantitative estimate of drug-likeness (QED) is 0.853. The molecule has 1 amide bonds. The van der Waals surface area contributed by atoms with Crippen LogP contribution in [0.5, 0.6) is 0 Å². The van der Waals surface area contributed by atoms with Gasteiger partial charge in [-0.05, 0) is 44.7 Å². The lowest BCUT2D eigenvalue weighted by molar-refractivity contribution is -0.133. The van der Waals surface area contributed by atoms with Crippen LogP contribution >= 0.6 is 0 Å². The highest BCUT2D eigenvalue weighted by atomic mass is 32.2. The van der Waals surface area contributed by atoms with Crippen LogP contribution in [0.4, 0.5) is 0 Å². The Balaban J connectivity index is 1.91. The van der Waals surface area contributed by atoms with Gasteiger partial charge in [-0.15, -0.1) is 0 Å². The zero-order valence-electron chi connectivity index (χ0n) is 13.4. The molecule has 2 rings (SSSR count). The van der Waals surface area contributed by atoms with Gasteiger partial charge in [-0.25, -0.2) is 13.1 Å². The number of ether oxygens (including phenoxy) is 2. The molecule has 0 unspecified atom stereocenters. The van der Waals surface area contributed by atoms with Crippen LogP contribution in [0, 0.1) is 6.92 Å². The summed E-state index contributed by atoms with van der Waals surface area (Å²) in [4.78, 5) is 12.2. The van der Waals surface area contributed by atoms with Crippen molar-refractivity contribution in [3.05, 3.63) is 29.8 Å². The molecule has 6 nitrogen and oxygen atoms in total. The van der Waals surface area contributed by atoms with Crippen LogP contribution in [0.25, 0.3) is 0 Å². The molecule has 0 aromatic heterocycles. The molecule has 1 aliphatic rings. The third-order valence-electron chi connectivity index (χ3n) is 3.79. The molecule has 1 saturated heterocycles. The average molecular weight is 341 g/mol. The smallest absolute Gasteiger partial charge is 0.264 e. The van der Waals surface area contributed by atoms with Gasteiger partial charge in [0.2, 0.25) is 0 Å². The minimum absolute atomic E-state index is 0.0213. The van der Waals surface area contributed by atoms with E-state index in [4.69, 9.17) is 9.47 Å². The lowest BCUT2D eigenvalue weighted by Crippen LogP contribution is -2.40. The molecule has 1 aliphatic heterocycles. The number of carbonyl (C=O) groups excluding carboxylic acids is 1. The van der Waals surface area contributed by atoms with E-state index < -0.39 is 22.0 Å². The van der Waals surface area contributed by atoms with Gasteiger partial charge in [0, 0.05) is 6.61 Å². The summed E-state index contributed by atoms with van der Waals surface area (Å²) in [5.41, 5.74) is 0.581. The van der Waals surface area contributed by atoms with E-state index in [-0.39, 0.29) is 11.0 Å². The predicted molar refractivity (Wildman–Crippen MR) is 85.5 cm³/mol. The van der Waals surface area contributed by atoms with Gasteiger partial charge >= 0.3 is 0 Å². The van der Waals surface area contributed by atoms with Crippen LogP contribution in [0.3, 0.4) is 0 Å². The second-order valence-corrected chi connectivity index (χ2v) is 7.35. The van der Waals surface area contributed by atoms with Gasteiger partial charge in [0.05, 0.1) is 17.6 Å². The third kappa shape index (κ3) is 5.02. The van der Waals surface area contributed by atoms with E-state index in [0.29, 0.717) is 18.8 Å². The van der Waals surface area contributed by atoms with Crippen LogP contribution in [0.15, 0.2) is 29.2 Å². The highest BCUT2D eigenvalue weighted by Crippen LogP contribution is 2.15. The summed E-state index contributed by atoms with van der Waals surface area (Å²) in [6.45, 7) is 4.21. The van der Waals surface area contributed by atoms with Crippen molar-refractivity contribution in [1.82, 2.24) is 4.72 Å². The standard InChI is InChI=1S/C16H23NO5S/c1-12-7-3-4-9-15(12)23(19,20)17-16(18)13(2)22-11-14-8-5-6-10-21-14/h3-4,7,9,13-14H,5-6,8,10-11H2,1-2H3,(H,17,18)/t13-,14-/m0/s1. The molecule has 1 aromatic carbocycles. The molecule has 1 N–H and O–H groups in total.